The number of benzene rings is 2. The van der Waals surface area contributed by atoms with E-state index in [2.05, 4.69) is 4.98 Å². The lowest BCUT2D eigenvalue weighted by atomic mass is 10.1. The summed E-state index contributed by atoms with van der Waals surface area (Å²) in [6.07, 6.45) is 2.38. The van der Waals surface area contributed by atoms with E-state index in [9.17, 15) is 4.79 Å². The number of morpholine rings is 1. The Kier molecular flexibility index (Phi) is 5.70. The van der Waals surface area contributed by atoms with Crippen molar-refractivity contribution in [3.8, 4) is 0 Å². The molecule has 142 valence electrons. The van der Waals surface area contributed by atoms with E-state index in [1.807, 2.05) is 77.8 Å². The molecule has 1 aliphatic heterocycles. The third-order valence-electron chi connectivity index (χ3n) is 4.90. The molecule has 0 unspecified atom stereocenters. The van der Waals surface area contributed by atoms with Crippen LogP contribution in [0.1, 0.15) is 33.3 Å². The molecule has 28 heavy (non-hydrogen) atoms. The summed E-state index contributed by atoms with van der Waals surface area (Å²) in [5, 5.41) is 0.761. The van der Waals surface area contributed by atoms with Gasteiger partial charge in [-0.1, -0.05) is 54.1 Å². The van der Waals surface area contributed by atoms with Crippen molar-refractivity contribution in [3.63, 3.8) is 0 Å². The SMILES string of the molecule is O=C(c1ccccc1)N1CCO[C@H](c2ccc(Cc3ccccc3Cl)cn2)C1. The second-order valence-electron chi connectivity index (χ2n) is 6.84. The second kappa shape index (κ2) is 8.55. The van der Waals surface area contributed by atoms with Crippen LogP contribution in [0.4, 0.5) is 0 Å². The quantitative estimate of drug-likeness (QED) is 0.654. The Morgan fingerprint density at radius 1 is 1.07 bits per heavy atom. The molecule has 3 aromatic rings. The number of carbonyl (C=O) groups is 1. The van der Waals surface area contributed by atoms with Gasteiger partial charge in [0.2, 0.25) is 0 Å². The van der Waals surface area contributed by atoms with Gasteiger partial charge in [0.1, 0.15) is 6.10 Å². The third kappa shape index (κ3) is 4.24. The van der Waals surface area contributed by atoms with Crippen LogP contribution in [0.3, 0.4) is 0 Å². The van der Waals surface area contributed by atoms with Crippen LogP contribution in [-0.2, 0) is 11.2 Å². The largest absolute Gasteiger partial charge is 0.368 e. The first kappa shape index (κ1) is 18.7. The lowest BCUT2D eigenvalue weighted by molar-refractivity contribution is -0.0247. The van der Waals surface area contributed by atoms with Crippen LogP contribution in [0.5, 0.6) is 0 Å². The van der Waals surface area contributed by atoms with Crippen molar-refractivity contribution >= 4 is 17.5 Å². The van der Waals surface area contributed by atoms with Gasteiger partial charge in [0.15, 0.2) is 0 Å². The van der Waals surface area contributed by atoms with Crippen molar-refractivity contribution in [1.82, 2.24) is 9.88 Å². The van der Waals surface area contributed by atoms with E-state index < -0.39 is 0 Å². The maximum absolute atomic E-state index is 12.7. The molecular weight excluding hydrogens is 372 g/mol. The molecule has 0 aliphatic carbocycles. The lowest BCUT2D eigenvalue weighted by Crippen LogP contribution is -2.42. The Morgan fingerprint density at radius 2 is 1.86 bits per heavy atom. The number of rotatable bonds is 4. The average molecular weight is 393 g/mol. The number of carbonyl (C=O) groups excluding carboxylic acids is 1. The normalized spacial score (nSPS) is 16.8. The minimum absolute atomic E-state index is 0.0317. The van der Waals surface area contributed by atoms with Gasteiger partial charge in [-0.15, -0.1) is 0 Å². The molecule has 1 amide bonds. The Morgan fingerprint density at radius 3 is 2.61 bits per heavy atom. The van der Waals surface area contributed by atoms with Crippen LogP contribution in [0, 0.1) is 0 Å². The first-order chi connectivity index (χ1) is 13.7. The molecular formula is C23H21ClN2O2. The predicted octanol–water partition coefficient (Wildman–Crippen LogP) is 4.54. The van der Waals surface area contributed by atoms with Crippen molar-refractivity contribution in [2.24, 2.45) is 0 Å². The standard InChI is InChI=1S/C23H21ClN2O2/c24-20-9-5-4-8-19(20)14-17-10-11-21(25-15-17)22-16-26(12-13-28-22)23(27)18-6-2-1-3-7-18/h1-11,15,22H,12-14,16H2/t22-/m0/s1. The number of hydrogen-bond donors (Lipinski definition) is 0. The predicted molar refractivity (Wildman–Crippen MR) is 110 cm³/mol. The Hall–Kier alpha value is -2.69. The zero-order chi connectivity index (χ0) is 19.3. The summed E-state index contributed by atoms with van der Waals surface area (Å²) in [5.41, 5.74) is 3.71. The summed E-state index contributed by atoms with van der Waals surface area (Å²) in [6, 6.07) is 21.2. The highest BCUT2D eigenvalue weighted by molar-refractivity contribution is 6.31. The summed E-state index contributed by atoms with van der Waals surface area (Å²) in [5.74, 6) is 0.0317. The Balaban J connectivity index is 1.44. The van der Waals surface area contributed by atoms with E-state index in [0.29, 0.717) is 25.3 Å². The Labute approximate surface area is 169 Å². The van der Waals surface area contributed by atoms with E-state index >= 15 is 0 Å². The van der Waals surface area contributed by atoms with Crippen LogP contribution in [-0.4, -0.2) is 35.5 Å². The van der Waals surface area contributed by atoms with Gasteiger partial charge in [-0.3, -0.25) is 9.78 Å². The molecule has 0 radical (unpaired) electrons. The molecule has 1 atom stereocenters. The molecule has 1 aromatic heterocycles. The first-order valence-electron chi connectivity index (χ1n) is 9.35. The highest BCUT2D eigenvalue weighted by atomic mass is 35.5. The van der Waals surface area contributed by atoms with Gasteiger partial charge in [0.05, 0.1) is 18.8 Å². The summed E-state index contributed by atoms with van der Waals surface area (Å²) in [4.78, 5) is 19.1. The minimum Gasteiger partial charge on any atom is -0.368 e. The Bertz CT molecular complexity index is 944. The first-order valence-corrected chi connectivity index (χ1v) is 9.72. The molecule has 5 heteroatoms. The number of aromatic nitrogens is 1. The van der Waals surface area contributed by atoms with E-state index in [4.69, 9.17) is 16.3 Å². The highest BCUT2D eigenvalue weighted by Crippen LogP contribution is 2.23. The molecule has 1 saturated heterocycles. The fourth-order valence-electron chi connectivity index (χ4n) is 3.37. The van der Waals surface area contributed by atoms with Crippen molar-refractivity contribution in [2.75, 3.05) is 19.7 Å². The van der Waals surface area contributed by atoms with Crippen LogP contribution in [0.2, 0.25) is 5.02 Å². The summed E-state index contributed by atoms with van der Waals surface area (Å²) < 4.78 is 5.88. The third-order valence-corrected chi connectivity index (χ3v) is 5.27. The topological polar surface area (TPSA) is 42.4 Å². The molecule has 0 spiro atoms. The van der Waals surface area contributed by atoms with Gasteiger partial charge >= 0.3 is 0 Å². The summed E-state index contributed by atoms with van der Waals surface area (Å²) in [7, 11) is 0. The number of halogens is 1. The molecule has 4 nitrogen and oxygen atoms in total. The average Bonchev–Trinajstić information content (AvgIpc) is 2.76. The zero-order valence-electron chi connectivity index (χ0n) is 15.4. The van der Waals surface area contributed by atoms with E-state index in [-0.39, 0.29) is 12.0 Å². The van der Waals surface area contributed by atoms with Crippen LogP contribution in [0.15, 0.2) is 72.9 Å². The van der Waals surface area contributed by atoms with Gasteiger partial charge in [-0.05, 0) is 35.4 Å². The molecule has 2 aromatic carbocycles. The number of hydrogen-bond acceptors (Lipinski definition) is 3. The van der Waals surface area contributed by atoms with Crippen LogP contribution in [0.25, 0.3) is 0 Å². The van der Waals surface area contributed by atoms with E-state index in [1.165, 1.54) is 0 Å². The summed E-state index contributed by atoms with van der Waals surface area (Å²) >= 11 is 6.25. The van der Waals surface area contributed by atoms with Crippen LogP contribution >= 0.6 is 11.6 Å². The number of pyridine rings is 1. The van der Waals surface area contributed by atoms with Crippen molar-refractivity contribution < 1.29 is 9.53 Å². The van der Waals surface area contributed by atoms with Gasteiger partial charge in [-0.25, -0.2) is 0 Å². The molecule has 4 rings (SSSR count). The van der Waals surface area contributed by atoms with Gasteiger partial charge in [-0.2, -0.15) is 0 Å². The second-order valence-corrected chi connectivity index (χ2v) is 7.24. The maximum Gasteiger partial charge on any atom is 0.254 e. The molecule has 2 heterocycles. The number of nitrogens with zero attached hydrogens (tertiary/aromatic N) is 2. The minimum atomic E-state index is -0.212. The van der Waals surface area contributed by atoms with E-state index in [0.717, 1.165) is 28.3 Å². The monoisotopic (exact) mass is 392 g/mol. The molecule has 1 fully saturated rings. The fourth-order valence-corrected chi connectivity index (χ4v) is 3.57. The number of amides is 1. The van der Waals surface area contributed by atoms with Gasteiger partial charge in [0, 0.05) is 29.7 Å². The maximum atomic E-state index is 12.7. The number of ether oxygens (including phenoxy) is 1. The summed E-state index contributed by atoms with van der Waals surface area (Å²) in [6.45, 7) is 1.60. The van der Waals surface area contributed by atoms with Gasteiger partial charge in [0.25, 0.3) is 5.91 Å². The fraction of sp³-hybridized carbons (Fsp3) is 0.217. The lowest BCUT2D eigenvalue weighted by Gasteiger charge is -2.32. The molecule has 0 bridgehead atoms. The smallest absolute Gasteiger partial charge is 0.254 e. The molecule has 0 N–H and O–H groups in total. The van der Waals surface area contributed by atoms with E-state index in [1.54, 1.807) is 0 Å². The van der Waals surface area contributed by atoms with Crippen molar-refractivity contribution in [3.05, 3.63) is 100 Å². The van der Waals surface area contributed by atoms with Crippen LogP contribution < -0.4 is 0 Å². The van der Waals surface area contributed by atoms with Gasteiger partial charge < -0.3 is 9.64 Å². The molecule has 0 saturated carbocycles. The zero-order valence-corrected chi connectivity index (χ0v) is 16.2. The highest BCUT2D eigenvalue weighted by Gasteiger charge is 2.26. The van der Waals surface area contributed by atoms with Crippen molar-refractivity contribution in [2.45, 2.75) is 12.5 Å². The molecule has 1 aliphatic rings. The van der Waals surface area contributed by atoms with Crippen molar-refractivity contribution in [1.29, 1.82) is 0 Å².